The first kappa shape index (κ1) is 25.9. The molecule has 3 aliphatic heterocycles. The van der Waals surface area contributed by atoms with Crippen molar-refractivity contribution in [3.8, 4) is 0 Å². The van der Waals surface area contributed by atoms with E-state index in [0.717, 1.165) is 5.56 Å². The molecule has 36 heavy (non-hydrogen) atoms. The van der Waals surface area contributed by atoms with Crippen molar-refractivity contribution in [2.45, 2.75) is 77.3 Å². The van der Waals surface area contributed by atoms with Gasteiger partial charge in [0, 0.05) is 13.1 Å². The van der Waals surface area contributed by atoms with Crippen molar-refractivity contribution >= 4 is 23.8 Å². The maximum atomic E-state index is 13.0. The lowest BCUT2D eigenvalue weighted by Crippen LogP contribution is -2.52. The number of ketones is 1. The van der Waals surface area contributed by atoms with Crippen LogP contribution >= 0.6 is 0 Å². The van der Waals surface area contributed by atoms with Crippen molar-refractivity contribution in [3.05, 3.63) is 35.9 Å². The minimum Gasteiger partial charge on any atom is -0.444 e. The Balaban J connectivity index is 1.31. The second-order valence-corrected chi connectivity index (χ2v) is 10.9. The normalized spacial score (nSPS) is 25.8. The van der Waals surface area contributed by atoms with Gasteiger partial charge in [0.2, 0.25) is 5.91 Å². The third kappa shape index (κ3) is 5.80. The number of nitrogens with zero attached hydrogens (tertiary/aromatic N) is 3. The van der Waals surface area contributed by atoms with E-state index in [2.05, 4.69) is 5.32 Å². The van der Waals surface area contributed by atoms with Crippen LogP contribution in [0.25, 0.3) is 0 Å². The molecule has 3 fully saturated rings. The third-order valence-corrected chi connectivity index (χ3v) is 6.79. The zero-order valence-corrected chi connectivity index (χ0v) is 21.4. The van der Waals surface area contributed by atoms with Crippen molar-refractivity contribution in [2.24, 2.45) is 5.92 Å². The van der Waals surface area contributed by atoms with Gasteiger partial charge in [-0.25, -0.2) is 9.59 Å². The number of ether oxygens (including phenoxy) is 1. The molecule has 0 unspecified atom stereocenters. The van der Waals surface area contributed by atoms with Gasteiger partial charge < -0.3 is 15.0 Å². The Bertz CT molecular complexity index is 994. The van der Waals surface area contributed by atoms with Crippen molar-refractivity contribution in [1.29, 1.82) is 0 Å². The summed E-state index contributed by atoms with van der Waals surface area (Å²) in [5, 5.41) is 4.09. The maximum Gasteiger partial charge on any atom is 0.410 e. The van der Waals surface area contributed by atoms with Gasteiger partial charge in [0.25, 0.3) is 0 Å². The third-order valence-electron chi connectivity index (χ3n) is 6.79. The number of piperidine rings is 1. The lowest BCUT2D eigenvalue weighted by Gasteiger charge is -2.30. The van der Waals surface area contributed by atoms with Crippen LogP contribution in [0, 0.1) is 5.92 Å². The molecule has 0 aromatic heterocycles. The summed E-state index contributed by atoms with van der Waals surface area (Å²) in [7, 11) is 0. The Kier molecular flexibility index (Phi) is 7.54. The fraction of sp³-hybridized carbons (Fsp3) is 0.615. The molecule has 0 saturated carbocycles. The molecule has 10 heteroatoms. The van der Waals surface area contributed by atoms with E-state index in [1.807, 2.05) is 37.3 Å². The average Bonchev–Trinajstić information content (AvgIpc) is 3.33. The van der Waals surface area contributed by atoms with Gasteiger partial charge in [-0.1, -0.05) is 37.3 Å². The molecule has 3 aliphatic rings. The van der Waals surface area contributed by atoms with Crippen molar-refractivity contribution in [1.82, 2.24) is 20.2 Å². The molecule has 2 bridgehead atoms. The number of rotatable bonds is 7. The second kappa shape index (κ2) is 10.5. The number of hydrogen-bond donors (Lipinski definition) is 1. The topological polar surface area (TPSA) is 108 Å². The number of amides is 4. The molecule has 3 saturated heterocycles. The molecule has 0 aliphatic carbocycles. The summed E-state index contributed by atoms with van der Waals surface area (Å²) in [6, 6.07) is 7.86. The summed E-state index contributed by atoms with van der Waals surface area (Å²) in [6.45, 7) is 8.24. The Hall–Kier alpha value is -3.14. The van der Waals surface area contributed by atoms with Crippen molar-refractivity contribution in [3.63, 3.8) is 0 Å². The van der Waals surface area contributed by atoms with Gasteiger partial charge in [-0.2, -0.15) is 5.06 Å². The van der Waals surface area contributed by atoms with Crippen LogP contribution in [0.3, 0.4) is 0 Å². The first-order valence-electron chi connectivity index (χ1n) is 12.6. The predicted octanol–water partition coefficient (Wildman–Crippen LogP) is 2.72. The van der Waals surface area contributed by atoms with Crippen molar-refractivity contribution < 1.29 is 28.8 Å². The first-order valence-corrected chi connectivity index (χ1v) is 12.6. The highest BCUT2D eigenvalue weighted by Crippen LogP contribution is 2.31. The van der Waals surface area contributed by atoms with E-state index in [9.17, 15) is 19.2 Å². The minimum absolute atomic E-state index is 0.103. The SMILES string of the molecule is C[C@H]1C[C@H](C(=O)CNC(=O)[C@@H]2CC[C@@H]3CN2C(=O)N3OCc2ccccc2)N(C(=O)OC(C)(C)C)C1. The summed E-state index contributed by atoms with van der Waals surface area (Å²) < 4.78 is 5.46. The summed E-state index contributed by atoms with van der Waals surface area (Å²) in [6.07, 6.45) is 1.13. The molecule has 0 radical (unpaired) electrons. The number of fused-ring (bicyclic) bond motifs is 2. The smallest absolute Gasteiger partial charge is 0.410 e. The lowest BCUT2D eigenvalue weighted by atomic mass is 10.00. The molecule has 196 valence electrons. The van der Waals surface area contributed by atoms with Gasteiger partial charge in [0.05, 0.1) is 18.6 Å². The molecule has 4 rings (SSSR count). The average molecular weight is 501 g/mol. The number of carbonyl (C=O) groups excluding carboxylic acids is 4. The fourth-order valence-electron chi connectivity index (χ4n) is 5.07. The summed E-state index contributed by atoms with van der Waals surface area (Å²) in [4.78, 5) is 60.3. The van der Waals surface area contributed by atoms with Gasteiger partial charge in [-0.15, -0.1) is 0 Å². The van der Waals surface area contributed by atoms with Crippen LogP contribution in [0.4, 0.5) is 9.59 Å². The van der Waals surface area contributed by atoms with E-state index in [4.69, 9.17) is 9.57 Å². The van der Waals surface area contributed by atoms with Gasteiger partial charge in [0.1, 0.15) is 18.2 Å². The summed E-state index contributed by atoms with van der Waals surface area (Å²) in [5.41, 5.74) is 0.293. The largest absolute Gasteiger partial charge is 0.444 e. The summed E-state index contributed by atoms with van der Waals surface area (Å²) >= 11 is 0. The molecule has 0 spiro atoms. The number of benzene rings is 1. The fourth-order valence-corrected chi connectivity index (χ4v) is 5.07. The van der Waals surface area contributed by atoms with E-state index >= 15 is 0 Å². The highest BCUT2D eigenvalue weighted by molar-refractivity contribution is 5.94. The van der Waals surface area contributed by atoms with Crippen LogP contribution in [-0.4, -0.2) is 82.0 Å². The molecule has 10 nitrogen and oxygen atoms in total. The Labute approximate surface area is 211 Å². The van der Waals surface area contributed by atoms with Gasteiger partial charge in [-0.05, 0) is 51.5 Å². The van der Waals surface area contributed by atoms with Gasteiger partial charge >= 0.3 is 12.1 Å². The highest BCUT2D eigenvalue weighted by atomic mass is 16.7. The number of Topliss-reactive ketones (excluding diaryl/α,β-unsaturated/α-hetero) is 1. The Morgan fingerprint density at radius 1 is 1.06 bits per heavy atom. The number of hydroxylamine groups is 2. The number of nitrogens with one attached hydrogen (secondary N) is 1. The highest BCUT2D eigenvalue weighted by Gasteiger charge is 2.48. The zero-order chi connectivity index (χ0) is 26.0. The Morgan fingerprint density at radius 2 is 1.78 bits per heavy atom. The van der Waals surface area contributed by atoms with Crippen LogP contribution in [-0.2, 0) is 25.8 Å². The molecular weight excluding hydrogens is 464 g/mol. The summed E-state index contributed by atoms with van der Waals surface area (Å²) in [5.74, 6) is -0.454. The molecule has 1 aromatic rings. The van der Waals surface area contributed by atoms with E-state index < -0.39 is 23.8 Å². The quantitative estimate of drug-likeness (QED) is 0.617. The first-order chi connectivity index (χ1) is 17.0. The van der Waals surface area contributed by atoms with Crippen LogP contribution in [0.1, 0.15) is 52.5 Å². The standard InChI is InChI=1S/C26H36N4O6/c1-17-12-21(29(14-17)25(34)36-26(2,3)4)22(31)13-27-23(32)20-11-10-19-15-28(20)24(33)30(19)35-16-18-8-6-5-7-9-18/h5-9,17,19-21H,10-16H2,1-4H3,(H,27,32)/t17-,19+,20-,21+/m0/s1. The van der Waals surface area contributed by atoms with Crippen molar-refractivity contribution in [2.75, 3.05) is 19.6 Å². The number of likely N-dealkylation sites (tertiary alicyclic amines) is 1. The number of hydrogen-bond acceptors (Lipinski definition) is 6. The van der Waals surface area contributed by atoms with E-state index in [0.29, 0.717) is 32.4 Å². The molecule has 4 amide bonds. The number of urea groups is 1. The van der Waals surface area contributed by atoms with Crippen LogP contribution in [0.5, 0.6) is 0 Å². The Morgan fingerprint density at radius 3 is 2.47 bits per heavy atom. The van der Waals surface area contributed by atoms with Crippen LogP contribution in [0.15, 0.2) is 30.3 Å². The zero-order valence-electron chi connectivity index (χ0n) is 21.4. The van der Waals surface area contributed by atoms with Crippen LogP contribution < -0.4 is 5.32 Å². The maximum absolute atomic E-state index is 13.0. The minimum atomic E-state index is -0.662. The molecular formula is C26H36N4O6. The van der Waals surface area contributed by atoms with Gasteiger partial charge in [0.15, 0.2) is 5.78 Å². The number of carbonyl (C=O) groups is 4. The second-order valence-electron chi connectivity index (χ2n) is 10.9. The lowest BCUT2D eigenvalue weighted by molar-refractivity contribution is -0.140. The van der Waals surface area contributed by atoms with E-state index in [1.165, 1.54) is 14.9 Å². The van der Waals surface area contributed by atoms with Gasteiger partial charge in [-0.3, -0.25) is 19.3 Å². The van der Waals surface area contributed by atoms with E-state index in [-0.39, 0.29) is 42.8 Å². The molecule has 4 atom stereocenters. The van der Waals surface area contributed by atoms with Crippen LogP contribution in [0.2, 0.25) is 0 Å². The predicted molar refractivity (Wildman–Crippen MR) is 131 cm³/mol. The molecule has 3 heterocycles. The monoisotopic (exact) mass is 500 g/mol. The molecule has 1 aromatic carbocycles. The van der Waals surface area contributed by atoms with E-state index in [1.54, 1.807) is 20.8 Å². The molecule has 1 N–H and O–H groups in total.